The minimum absolute atomic E-state index is 0.0295. The van der Waals surface area contributed by atoms with Crippen molar-refractivity contribution in [1.29, 1.82) is 0 Å². The molecule has 2 heterocycles. The molecule has 1 aliphatic heterocycles. The summed E-state index contributed by atoms with van der Waals surface area (Å²) in [6.07, 6.45) is -1.02. The number of esters is 1. The number of nitrogens with one attached hydrogen (secondary N) is 1. The van der Waals surface area contributed by atoms with Crippen LogP contribution in [0.2, 0.25) is 5.02 Å². The van der Waals surface area contributed by atoms with Crippen LogP contribution in [0.3, 0.4) is 0 Å². The minimum atomic E-state index is -1.02. The van der Waals surface area contributed by atoms with Gasteiger partial charge in [-0.1, -0.05) is 30.6 Å². The smallest absolute Gasteiger partial charge is 0.339 e. The van der Waals surface area contributed by atoms with E-state index in [2.05, 4.69) is 10.5 Å². The maximum absolute atomic E-state index is 12.5. The Hall–Kier alpha value is -2.74. The molecule has 1 aromatic heterocycles. The fourth-order valence-electron chi connectivity index (χ4n) is 2.38. The second-order valence-corrected chi connectivity index (χ2v) is 6.48. The first-order chi connectivity index (χ1) is 12.3. The first-order valence-corrected chi connectivity index (χ1v) is 8.27. The summed E-state index contributed by atoms with van der Waals surface area (Å²) in [6.45, 7) is 5.25. The number of halogens is 1. The average Bonchev–Trinajstić information content (AvgIpc) is 3.20. The molecule has 138 valence electrons. The van der Waals surface area contributed by atoms with Gasteiger partial charge in [-0.3, -0.25) is 4.79 Å². The highest BCUT2D eigenvalue weighted by Crippen LogP contribution is 2.40. The predicted octanol–water partition coefficient (Wildman–Crippen LogP) is 3.19. The van der Waals surface area contributed by atoms with Gasteiger partial charge in [-0.25, -0.2) is 4.79 Å². The number of benzene rings is 1. The number of hydrogen-bond donors (Lipinski definition) is 1. The Morgan fingerprint density at radius 1 is 1.27 bits per heavy atom. The number of anilines is 1. The van der Waals surface area contributed by atoms with Crippen molar-refractivity contribution >= 4 is 29.3 Å². The van der Waals surface area contributed by atoms with Gasteiger partial charge in [0.15, 0.2) is 23.4 Å². The lowest BCUT2D eigenvalue weighted by atomic mass is 10.1. The first-order valence-electron chi connectivity index (χ1n) is 7.89. The zero-order valence-corrected chi connectivity index (χ0v) is 15.1. The molecular formula is C17H17ClN2O6. The highest BCUT2D eigenvalue weighted by atomic mass is 35.5. The molecule has 1 aromatic carbocycles. The molecule has 0 unspecified atom stereocenters. The van der Waals surface area contributed by atoms with Crippen LogP contribution in [0.15, 0.2) is 22.7 Å². The zero-order valence-electron chi connectivity index (χ0n) is 14.4. The minimum Gasteiger partial charge on any atom is -0.454 e. The third-order valence-electron chi connectivity index (χ3n) is 3.64. The van der Waals surface area contributed by atoms with Crippen LogP contribution in [0.4, 0.5) is 5.82 Å². The van der Waals surface area contributed by atoms with Crippen molar-refractivity contribution in [3.63, 3.8) is 0 Å². The molecule has 1 N–H and O–H groups in total. The van der Waals surface area contributed by atoms with Crippen molar-refractivity contribution in [2.24, 2.45) is 5.92 Å². The second kappa shape index (κ2) is 7.25. The first kappa shape index (κ1) is 18.1. The Bertz CT molecular complexity index is 848. The van der Waals surface area contributed by atoms with Gasteiger partial charge >= 0.3 is 5.97 Å². The summed E-state index contributed by atoms with van der Waals surface area (Å²) < 4.78 is 20.7. The van der Waals surface area contributed by atoms with Crippen molar-refractivity contribution in [3.05, 3.63) is 34.5 Å². The Kier molecular flexibility index (Phi) is 5.03. The summed E-state index contributed by atoms with van der Waals surface area (Å²) in [5.41, 5.74) is 0.162. The third-order valence-corrected chi connectivity index (χ3v) is 3.92. The summed E-state index contributed by atoms with van der Waals surface area (Å²) in [6, 6.07) is 4.44. The van der Waals surface area contributed by atoms with E-state index in [0.717, 1.165) is 0 Å². The van der Waals surface area contributed by atoms with Crippen LogP contribution >= 0.6 is 11.6 Å². The molecule has 0 bridgehead atoms. The molecule has 1 aliphatic rings. The van der Waals surface area contributed by atoms with E-state index in [1.165, 1.54) is 12.1 Å². The number of carbonyl (C=O) groups is 2. The highest BCUT2D eigenvalue weighted by molar-refractivity contribution is 6.32. The quantitative estimate of drug-likeness (QED) is 0.795. The number of carbonyl (C=O) groups excluding carboxylic acids is 2. The van der Waals surface area contributed by atoms with Crippen LogP contribution in [0, 0.1) is 12.8 Å². The lowest BCUT2D eigenvalue weighted by Gasteiger charge is -2.20. The number of nitrogens with zero attached hydrogens (tertiary/aromatic N) is 1. The highest BCUT2D eigenvalue weighted by Gasteiger charge is 2.29. The van der Waals surface area contributed by atoms with Gasteiger partial charge in [-0.2, -0.15) is 0 Å². The number of ether oxygens (including phenoxy) is 3. The van der Waals surface area contributed by atoms with Crippen molar-refractivity contribution in [2.45, 2.75) is 26.9 Å². The van der Waals surface area contributed by atoms with Gasteiger partial charge < -0.3 is 24.1 Å². The molecule has 3 rings (SSSR count). The monoisotopic (exact) mass is 380 g/mol. The van der Waals surface area contributed by atoms with E-state index in [1.54, 1.807) is 26.8 Å². The molecule has 2 aromatic rings. The van der Waals surface area contributed by atoms with Gasteiger partial charge in [-0.05, 0) is 25.0 Å². The number of rotatable bonds is 5. The maximum atomic E-state index is 12.5. The van der Waals surface area contributed by atoms with Crippen LogP contribution in [0.25, 0.3) is 0 Å². The number of amides is 1. The lowest BCUT2D eigenvalue weighted by Crippen LogP contribution is -2.36. The lowest BCUT2D eigenvalue weighted by molar-refractivity contribution is -0.126. The Balaban J connectivity index is 1.74. The second-order valence-electron chi connectivity index (χ2n) is 6.07. The molecule has 0 radical (unpaired) electrons. The van der Waals surface area contributed by atoms with Crippen LogP contribution in [-0.2, 0) is 9.53 Å². The maximum Gasteiger partial charge on any atom is 0.339 e. The van der Waals surface area contributed by atoms with Crippen molar-refractivity contribution in [3.8, 4) is 11.5 Å². The van der Waals surface area contributed by atoms with E-state index in [1.807, 2.05) is 0 Å². The molecule has 0 fully saturated rings. The van der Waals surface area contributed by atoms with Gasteiger partial charge in [0.05, 0.1) is 10.6 Å². The number of aryl methyl sites for hydroxylation is 1. The van der Waals surface area contributed by atoms with E-state index in [4.69, 9.17) is 30.3 Å². The SMILES string of the molecule is Cc1cc(NC(=O)[C@H](OC(=O)c2cc(Cl)c3c(c2)OCO3)C(C)C)no1. The molecule has 26 heavy (non-hydrogen) atoms. The molecule has 0 aliphatic carbocycles. The molecule has 1 amide bonds. The van der Waals surface area contributed by atoms with E-state index in [-0.39, 0.29) is 29.1 Å². The van der Waals surface area contributed by atoms with Crippen LogP contribution in [0.1, 0.15) is 30.0 Å². The van der Waals surface area contributed by atoms with Crippen molar-refractivity contribution in [1.82, 2.24) is 5.16 Å². The molecule has 0 saturated heterocycles. The van der Waals surface area contributed by atoms with Crippen molar-refractivity contribution < 1.29 is 28.3 Å². The predicted molar refractivity (Wildman–Crippen MR) is 91.5 cm³/mol. The summed E-state index contributed by atoms with van der Waals surface area (Å²) >= 11 is 6.08. The molecular weight excluding hydrogens is 364 g/mol. The fourth-order valence-corrected chi connectivity index (χ4v) is 2.65. The van der Waals surface area contributed by atoms with E-state index in [0.29, 0.717) is 17.3 Å². The number of fused-ring (bicyclic) bond motifs is 1. The summed E-state index contributed by atoms with van der Waals surface area (Å²) in [5, 5.41) is 6.48. The van der Waals surface area contributed by atoms with Gasteiger partial charge in [0.25, 0.3) is 5.91 Å². The van der Waals surface area contributed by atoms with Crippen LogP contribution < -0.4 is 14.8 Å². The number of aromatic nitrogens is 1. The van der Waals surface area contributed by atoms with Gasteiger partial charge in [0.2, 0.25) is 6.79 Å². The molecule has 8 nitrogen and oxygen atoms in total. The summed E-state index contributed by atoms with van der Waals surface area (Å²) in [5.74, 6) is 0.0601. The van der Waals surface area contributed by atoms with E-state index in [9.17, 15) is 9.59 Å². The molecule has 1 atom stereocenters. The van der Waals surface area contributed by atoms with Crippen LogP contribution in [0.5, 0.6) is 11.5 Å². The molecule has 9 heteroatoms. The van der Waals surface area contributed by atoms with Crippen molar-refractivity contribution in [2.75, 3.05) is 12.1 Å². The third kappa shape index (κ3) is 3.75. The fraction of sp³-hybridized carbons (Fsp3) is 0.353. The van der Waals surface area contributed by atoms with Gasteiger partial charge in [0, 0.05) is 6.07 Å². The number of hydrogen-bond acceptors (Lipinski definition) is 7. The molecule has 0 spiro atoms. The van der Waals surface area contributed by atoms with Crippen LogP contribution in [-0.4, -0.2) is 29.9 Å². The Morgan fingerprint density at radius 3 is 2.69 bits per heavy atom. The molecule has 0 saturated carbocycles. The van der Waals surface area contributed by atoms with Gasteiger partial charge in [0.1, 0.15) is 5.76 Å². The topological polar surface area (TPSA) is 99.9 Å². The summed E-state index contributed by atoms with van der Waals surface area (Å²) in [4.78, 5) is 24.9. The van der Waals surface area contributed by atoms with E-state index >= 15 is 0 Å². The Labute approximate surface area is 154 Å². The normalized spacial score (nSPS) is 13.6. The van der Waals surface area contributed by atoms with E-state index < -0.39 is 18.0 Å². The summed E-state index contributed by atoms with van der Waals surface area (Å²) in [7, 11) is 0. The Morgan fingerprint density at radius 2 is 2.04 bits per heavy atom. The van der Waals surface area contributed by atoms with Gasteiger partial charge in [-0.15, -0.1) is 0 Å². The standard InChI is InChI=1S/C17H17ClN2O6/c1-8(2)14(16(21)19-13-4-9(3)26-20-13)25-17(22)10-5-11(18)15-12(6-10)23-7-24-15/h4-6,8,14H,7H2,1-3H3,(H,19,20,21)/t14-/m1/s1. The average molecular weight is 381 g/mol. The zero-order chi connectivity index (χ0) is 18.8. The largest absolute Gasteiger partial charge is 0.454 e.